The molecule has 0 heterocycles. The van der Waals surface area contributed by atoms with Gasteiger partial charge in [-0.15, -0.1) is 0 Å². The molecule has 0 bridgehead atoms. The van der Waals surface area contributed by atoms with Gasteiger partial charge in [0, 0.05) is 16.5 Å². The van der Waals surface area contributed by atoms with Gasteiger partial charge in [0.25, 0.3) is 0 Å². The molecular formula is C13H17NO2. The largest absolute Gasteiger partial charge is 0.366 e. The van der Waals surface area contributed by atoms with Crippen LogP contribution in [0.1, 0.15) is 47.9 Å². The van der Waals surface area contributed by atoms with Gasteiger partial charge in [0.15, 0.2) is 5.78 Å². The third-order valence-corrected chi connectivity index (χ3v) is 2.93. The predicted molar refractivity (Wildman–Crippen MR) is 63.4 cm³/mol. The van der Waals surface area contributed by atoms with Crippen molar-refractivity contribution in [2.24, 2.45) is 11.1 Å². The summed E-state index contributed by atoms with van der Waals surface area (Å²) in [7, 11) is 0. The molecule has 0 spiro atoms. The fraction of sp³-hybridized carbons (Fsp3) is 0.385. The molecular weight excluding hydrogens is 202 g/mol. The van der Waals surface area contributed by atoms with Crippen LogP contribution in [0.25, 0.3) is 0 Å². The maximum Gasteiger partial charge on any atom is 0.248 e. The van der Waals surface area contributed by atoms with E-state index in [1.165, 1.54) is 0 Å². The zero-order chi connectivity index (χ0) is 12.3. The second-order valence-corrected chi connectivity index (χ2v) is 4.51. The van der Waals surface area contributed by atoms with E-state index < -0.39 is 5.91 Å². The zero-order valence-corrected chi connectivity index (χ0v) is 9.91. The smallest absolute Gasteiger partial charge is 0.248 e. The van der Waals surface area contributed by atoms with Crippen molar-refractivity contribution >= 4 is 11.7 Å². The molecule has 0 saturated heterocycles. The molecule has 16 heavy (non-hydrogen) atoms. The molecule has 0 aliphatic carbocycles. The Bertz CT molecular complexity index is 404. The van der Waals surface area contributed by atoms with Crippen molar-refractivity contribution in [3.8, 4) is 0 Å². The van der Waals surface area contributed by atoms with Crippen molar-refractivity contribution in [1.82, 2.24) is 0 Å². The third kappa shape index (κ3) is 2.48. The minimum Gasteiger partial charge on any atom is -0.366 e. The van der Waals surface area contributed by atoms with E-state index in [0.29, 0.717) is 11.1 Å². The van der Waals surface area contributed by atoms with Gasteiger partial charge >= 0.3 is 0 Å². The standard InChI is InChI=1S/C13H17NO2/c1-4-13(2,3)11(15)9-5-7-10(8-6-9)12(14)16/h5-8H,4H2,1-3H3,(H2,14,16). The second kappa shape index (κ2) is 4.47. The summed E-state index contributed by atoms with van der Waals surface area (Å²) in [6.07, 6.45) is 0.781. The molecule has 86 valence electrons. The van der Waals surface area contributed by atoms with Gasteiger partial charge in [-0.25, -0.2) is 0 Å². The fourth-order valence-corrected chi connectivity index (χ4v) is 1.34. The molecule has 0 unspecified atom stereocenters. The van der Waals surface area contributed by atoms with Crippen LogP contribution < -0.4 is 5.73 Å². The normalized spacial score (nSPS) is 11.2. The van der Waals surface area contributed by atoms with Crippen LogP contribution in [0.15, 0.2) is 24.3 Å². The van der Waals surface area contributed by atoms with Gasteiger partial charge in [-0.3, -0.25) is 9.59 Å². The number of nitrogens with two attached hydrogens (primary N) is 1. The Morgan fingerprint density at radius 3 is 1.94 bits per heavy atom. The molecule has 1 amide bonds. The van der Waals surface area contributed by atoms with Gasteiger partial charge in [-0.2, -0.15) is 0 Å². The number of amides is 1. The van der Waals surface area contributed by atoms with E-state index in [2.05, 4.69) is 0 Å². The lowest BCUT2D eigenvalue weighted by molar-refractivity contribution is 0.0832. The molecule has 2 N–H and O–H groups in total. The van der Waals surface area contributed by atoms with Gasteiger partial charge < -0.3 is 5.73 Å². The highest BCUT2D eigenvalue weighted by molar-refractivity contribution is 6.01. The first-order valence-electron chi connectivity index (χ1n) is 5.33. The van der Waals surface area contributed by atoms with Crippen molar-refractivity contribution < 1.29 is 9.59 Å². The predicted octanol–water partition coefficient (Wildman–Crippen LogP) is 2.40. The van der Waals surface area contributed by atoms with Gasteiger partial charge in [-0.05, 0) is 18.6 Å². The number of Topliss-reactive ketones (excluding diaryl/α,β-unsaturated/α-hetero) is 1. The molecule has 1 aromatic carbocycles. The fourth-order valence-electron chi connectivity index (χ4n) is 1.34. The quantitative estimate of drug-likeness (QED) is 0.790. The van der Waals surface area contributed by atoms with Crippen LogP contribution in [0.4, 0.5) is 0 Å². The molecule has 0 radical (unpaired) electrons. The molecule has 1 aromatic rings. The summed E-state index contributed by atoms with van der Waals surface area (Å²) in [6, 6.07) is 6.47. The van der Waals surface area contributed by atoms with Gasteiger partial charge in [0.1, 0.15) is 0 Å². The maximum absolute atomic E-state index is 12.1. The summed E-state index contributed by atoms with van der Waals surface area (Å²) in [5.74, 6) is -0.389. The molecule has 3 nitrogen and oxygen atoms in total. The number of primary amides is 1. The molecule has 1 rings (SSSR count). The Balaban J connectivity index is 2.99. The van der Waals surface area contributed by atoms with Crippen molar-refractivity contribution in [3.63, 3.8) is 0 Å². The topological polar surface area (TPSA) is 60.2 Å². The van der Waals surface area contributed by atoms with Crippen LogP contribution in [0.5, 0.6) is 0 Å². The van der Waals surface area contributed by atoms with E-state index in [1.807, 2.05) is 20.8 Å². The summed E-state index contributed by atoms with van der Waals surface area (Å²) < 4.78 is 0. The molecule has 0 atom stereocenters. The van der Waals surface area contributed by atoms with Gasteiger partial charge in [0.2, 0.25) is 5.91 Å². The number of benzene rings is 1. The van der Waals surface area contributed by atoms with Crippen LogP contribution in [0, 0.1) is 5.41 Å². The minimum absolute atomic E-state index is 0.0889. The summed E-state index contributed by atoms with van der Waals surface area (Å²) in [5.41, 5.74) is 5.81. The van der Waals surface area contributed by atoms with Crippen LogP contribution in [0.2, 0.25) is 0 Å². The summed E-state index contributed by atoms with van der Waals surface area (Å²) in [6.45, 7) is 5.81. The Labute approximate surface area is 95.6 Å². The van der Waals surface area contributed by atoms with E-state index in [-0.39, 0.29) is 11.2 Å². The van der Waals surface area contributed by atoms with E-state index in [9.17, 15) is 9.59 Å². The Morgan fingerprint density at radius 1 is 1.12 bits per heavy atom. The lowest BCUT2D eigenvalue weighted by atomic mass is 9.82. The minimum atomic E-state index is -0.478. The lowest BCUT2D eigenvalue weighted by Crippen LogP contribution is -2.23. The van der Waals surface area contributed by atoms with Crippen molar-refractivity contribution in [2.75, 3.05) is 0 Å². The summed E-state index contributed by atoms with van der Waals surface area (Å²) in [5, 5.41) is 0. The highest BCUT2D eigenvalue weighted by Gasteiger charge is 2.26. The number of ketones is 1. The first-order chi connectivity index (χ1) is 7.38. The highest BCUT2D eigenvalue weighted by atomic mass is 16.1. The summed E-state index contributed by atoms with van der Waals surface area (Å²) in [4.78, 5) is 22.9. The first kappa shape index (κ1) is 12.4. The first-order valence-corrected chi connectivity index (χ1v) is 5.33. The van der Waals surface area contributed by atoms with Gasteiger partial charge in [0.05, 0.1) is 0 Å². The average molecular weight is 219 g/mol. The SMILES string of the molecule is CCC(C)(C)C(=O)c1ccc(C(N)=O)cc1. The Hall–Kier alpha value is -1.64. The molecule has 0 aliphatic rings. The van der Waals surface area contributed by atoms with Crippen molar-refractivity contribution in [2.45, 2.75) is 27.2 Å². The van der Waals surface area contributed by atoms with Gasteiger partial charge in [-0.1, -0.05) is 32.9 Å². The monoisotopic (exact) mass is 219 g/mol. The number of carbonyl (C=O) groups is 2. The number of carbonyl (C=O) groups excluding carboxylic acids is 2. The van der Waals surface area contributed by atoms with Crippen LogP contribution in [0.3, 0.4) is 0 Å². The molecule has 0 aromatic heterocycles. The molecule has 3 heteroatoms. The lowest BCUT2D eigenvalue weighted by Gasteiger charge is -2.20. The summed E-state index contributed by atoms with van der Waals surface area (Å²) >= 11 is 0. The van der Waals surface area contributed by atoms with E-state index in [1.54, 1.807) is 24.3 Å². The van der Waals surface area contributed by atoms with Crippen LogP contribution in [-0.2, 0) is 0 Å². The van der Waals surface area contributed by atoms with Crippen molar-refractivity contribution in [1.29, 1.82) is 0 Å². The van der Waals surface area contributed by atoms with Crippen LogP contribution >= 0.6 is 0 Å². The maximum atomic E-state index is 12.1. The number of hydrogen-bond acceptors (Lipinski definition) is 2. The second-order valence-electron chi connectivity index (χ2n) is 4.51. The third-order valence-electron chi connectivity index (χ3n) is 2.93. The Kier molecular flexibility index (Phi) is 3.48. The van der Waals surface area contributed by atoms with E-state index in [4.69, 9.17) is 5.73 Å². The van der Waals surface area contributed by atoms with Crippen molar-refractivity contribution in [3.05, 3.63) is 35.4 Å². The number of hydrogen-bond donors (Lipinski definition) is 1. The molecule has 0 saturated carbocycles. The van der Waals surface area contributed by atoms with E-state index >= 15 is 0 Å². The molecule has 0 fully saturated rings. The molecule has 0 aliphatic heterocycles. The Morgan fingerprint density at radius 2 is 1.56 bits per heavy atom. The van der Waals surface area contributed by atoms with E-state index in [0.717, 1.165) is 6.42 Å². The van der Waals surface area contributed by atoms with Crippen LogP contribution in [-0.4, -0.2) is 11.7 Å². The zero-order valence-electron chi connectivity index (χ0n) is 9.91. The highest BCUT2D eigenvalue weighted by Crippen LogP contribution is 2.25. The average Bonchev–Trinajstić information content (AvgIpc) is 2.28. The number of rotatable bonds is 4.